The fourth-order valence-electron chi connectivity index (χ4n) is 2.56. The van der Waals surface area contributed by atoms with Gasteiger partial charge < -0.3 is 5.32 Å². The summed E-state index contributed by atoms with van der Waals surface area (Å²) in [6.45, 7) is 4.30. The summed E-state index contributed by atoms with van der Waals surface area (Å²) in [5.41, 5.74) is -0.0332. The third kappa shape index (κ3) is 3.84. The van der Waals surface area contributed by atoms with Crippen LogP contribution < -0.4 is 10.9 Å². The summed E-state index contributed by atoms with van der Waals surface area (Å²) < 4.78 is 3.45. The fourth-order valence-corrected chi connectivity index (χ4v) is 2.56. The largest absolute Gasteiger partial charge is 0.312 e. The van der Waals surface area contributed by atoms with Crippen LogP contribution in [0, 0.1) is 0 Å². The normalized spacial score (nSPS) is 12.6. The van der Waals surface area contributed by atoms with Crippen molar-refractivity contribution in [2.45, 2.75) is 32.5 Å². The first-order chi connectivity index (χ1) is 11.2. The molecule has 0 saturated carbocycles. The zero-order valence-electron chi connectivity index (χ0n) is 13.2. The van der Waals surface area contributed by atoms with Crippen molar-refractivity contribution >= 4 is 10.8 Å². The number of nitrogens with one attached hydrogen (secondary N) is 1. The zero-order valence-corrected chi connectivity index (χ0v) is 13.2. The van der Waals surface area contributed by atoms with Gasteiger partial charge >= 0.3 is 0 Å². The molecule has 2 aromatic heterocycles. The summed E-state index contributed by atoms with van der Waals surface area (Å²) in [5.74, 6) is 0. The van der Waals surface area contributed by atoms with Crippen LogP contribution in [-0.4, -0.2) is 32.1 Å². The minimum atomic E-state index is -0.0332. The Morgan fingerprint density at radius 1 is 1.17 bits per heavy atom. The second-order valence-electron chi connectivity index (χ2n) is 5.67. The number of aromatic nitrogens is 4. The lowest BCUT2D eigenvalue weighted by atomic mass is 10.2. The number of rotatable bonds is 7. The van der Waals surface area contributed by atoms with E-state index in [1.54, 1.807) is 12.4 Å². The quantitative estimate of drug-likeness (QED) is 0.721. The van der Waals surface area contributed by atoms with Crippen molar-refractivity contribution in [3.8, 4) is 0 Å². The molecule has 0 radical (unpaired) electrons. The average Bonchev–Trinajstić information content (AvgIpc) is 3.09. The van der Waals surface area contributed by atoms with Gasteiger partial charge in [-0.15, -0.1) is 0 Å². The van der Waals surface area contributed by atoms with Gasteiger partial charge in [0, 0.05) is 36.9 Å². The predicted octanol–water partition coefficient (Wildman–Crippen LogP) is 1.66. The van der Waals surface area contributed by atoms with E-state index in [0.29, 0.717) is 24.5 Å². The highest BCUT2D eigenvalue weighted by Gasteiger charge is 2.05. The standard InChI is InChI=1S/C17H21N5O/c1-14(7-11-21-10-4-8-19-21)18-9-12-22-17(23)16-6-3-2-5-15(16)13-20-22/h2-6,8,10,13-14,18H,7,9,11-12H2,1H3. The van der Waals surface area contributed by atoms with E-state index >= 15 is 0 Å². The molecule has 3 rings (SSSR count). The number of aryl methyl sites for hydroxylation is 1. The summed E-state index contributed by atoms with van der Waals surface area (Å²) in [7, 11) is 0. The first-order valence-electron chi connectivity index (χ1n) is 7.90. The molecule has 120 valence electrons. The third-order valence-electron chi connectivity index (χ3n) is 3.93. The van der Waals surface area contributed by atoms with Crippen molar-refractivity contribution in [1.29, 1.82) is 0 Å². The Labute approximate surface area is 134 Å². The molecule has 2 heterocycles. The first-order valence-corrected chi connectivity index (χ1v) is 7.90. The maximum atomic E-state index is 12.3. The van der Waals surface area contributed by atoms with Crippen LogP contribution in [0.2, 0.25) is 0 Å². The molecule has 1 atom stereocenters. The van der Waals surface area contributed by atoms with Gasteiger partial charge in [0.15, 0.2) is 0 Å². The Bertz CT molecular complexity index is 809. The van der Waals surface area contributed by atoms with Gasteiger partial charge in [0.1, 0.15) is 0 Å². The van der Waals surface area contributed by atoms with Crippen molar-refractivity contribution < 1.29 is 0 Å². The lowest BCUT2D eigenvalue weighted by Gasteiger charge is -2.14. The van der Waals surface area contributed by atoms with E-state index in [2.05, 4.69) is 22.4 Å². The molecule has 0 bridgehead atoms. The molecule has 6 heteroatoms. The summed E-state index contributed by atoms with van der Waals surface area (Å²) in [6, 6.07) is 9.82. The van der Waals surface area contributed by atoms with Crippen LogP contribution in [0.25, 0.3) is 10.8 Å². The Kier molecular flexibility index (Phi) is 4.83. The van der Waals surface area contributed by atoms with Crippen molar-refractivity contribution in [3.63, 3.8) is 0 Å². The highest BCUT2D eigenvalue weighted by atomic mass is 16.1. The molecular weight excluding hydrogens is 290 g/mol. The predicted molar refractivity (Wildman–Crippen MR) is 90.3 cm³/mol. The number of hydrogen-bond acceptors (Lipinski definition) is 4. The Balaban J connectivity index is 1.52. The van der Waals surface area contributed by atoms with Crippen LogP contribution in [0.5, 0.6) is 0 Å². The molecule has 3 aromatic rings. The lowest BCUT2D eigenvalue weighted by molar-refractivity contribution is 0.436. The van der Waals surface area contributed by atoms with Crippen molar-refractivity contribution in [2.75, 3.05) is 6.54 Å². The molecule has 23 heavy (non-hydrogen) atoms. The molecule has 0 amide bonds. The minimum absolute atomic E-state index is 0.0332. The molecule has 0 saturated heterocycles. The maximum Gasteiger partial charge on any atom is 0.274 e. The summed E-state index contributed by atoms with van der Waals surface area (Å²) >= 11 is 0. The van der Waals surface area contributed by atoms with E-state index in [9.17, 15) is 4.79 Å². The van der Waals surface area contributed by atoms with Gasteiger partial charge in [-0.3, -0.25) is 9.48 Å². The SMILES string of the molecule is CC(CCn1cccn1)NCCn1ncc2ccccc2c1=O. The fraction of sp³-hybridized carbons (Fsp3) is 0.353. The van der Waals surface area contributed by atoms with E-state index in [-0.39, 0.29) is 5.56 Å². The second kappa shape index (κ2) is 7.19. The van der Waals surface area contributed by atoms with Crippen molar-refractivity contribution in [2.24, 2.45) is 0 Å². The molecular formula is C17H21N5O. The number of benzene rings is 1. The summed E-state index contributed by atoms with van der Waals surface area (Å²) in [4.78, 5) is 12.3. The van der Waals surface area contributed by atoms with Crippen LogP contribution in [0.3, 0.4) is 0 Å². The van der Waals surface area contributed by atoms with E-state index in [4.69, 9.17) is 0 Å². The van der Waals surface area contributed by atoms with Crippen LogP contribution in [0.15, 0.2) is 53.7 Å². The highest BCUT2D eigenvalue weighted by Crippen LogP contribution is 2.06. The van der Waals surface area contributed by atoms with Gasteiger partial charge in [-0.05, 0) is 25.5 Å². The van der Waals surface area contributed by atoms with Crippen molar-refractivity contribution in [3.05, 3.63) is 59.3 Å². The van der Waals surface area contributed by atoms with Crippen molar-refractivity contribution in [1.82, 2.24) is 24.9 Å². The molecule has 1 unspecified atom stereocenters. The van der Waals surface area contributed by atoms with Crippen LogP contribution >= 0.6 is 0 Å². The molecule has 0 aliphatic carbocycles. The Morgan fingerprint density at radius 2 is 2.04 bits per heavy atom. The Morgan fingerprint density at radius 3 is 2.87 bits per heavy atom. The van der Waals surface area contributed by atoms with E-state index in [0.717, 1.165) is 18.4 Å². The molecule has 0 spiro atoms. The van der Waals surface area contributed by atoms with Gasteiger partial charge in [-0.2, -0.15) is 10.2 Å². The number of hydrogen-bond donors (Lipinski definition) is 1. The maximum absolute atomic E-state index is 12.3. The van der Waals surface area contributed by atoms with Gasteiger partial charge in [0.05, 0.1) is 18.1 Å². The van der Waals surface area contributed by atoms with E-state index < -0.39 is 0 Å². The van der Waals surface area contributed by atoms with Crippen LogP contribution in [0.1, 0.15) is 13.3 Å². The van der Waals surface area contributed by atoms with Crippen LogP contribution in [0.4, 0.5) is 0 Å². The first kappa shape index (κ1) is 15.4. The van der Waals surface area contributed by atoms with Gasteiger partial charge in [-0.1, -0.05) is 18.2 Å². The zero-order chi connectivity index (χ0) is 16.1. The third-order valence-corrected chi connectivity index (χ3v) is 3.93. The molecule has 0 aliphatic heterocycles. The van der Waals surface area contributed by atoms with Gasteiger partial charge in [0.25, 0.3) is 5.56 Å². The molecule has 6 nitrogen and oxygen atoms in total. The summed E-state index contributed by atoms with van der Waals surface area (Å²) in [5, 5.41) is 13.5. The monoisotopic (exact) mass is 311 g/mol. The van der Waals surface area contributed by atoms with Gasteiger partial charge in [0.2, 0.25) is 0 Å². The molecule has 1 N–H and O–H groups in total. The second-order valence-corrected chi connectivity index (χ2v) is 5.67. The average molecular weight is 311 g/mol. The van der Waals surface area contributed by atoms with Crippen LogP contribution in [-0.2, 0) is 13.1 Å². The molecule has 1 aromatic carbocycles. The van der Waals surface area contributed by atoms with Gasteiger partial charge in [-0.25, -0.2) is 4.68 Å². The number of fused-ring (bicyclic) bond motifs is 1. The number of nitrogens with zero attached hydrogens (tertiary/aromatic N) is 4. The topological polar surface area (TPSA) is 64.7 Å². The highest BCUT2D eigenvalue weighted by molar-refractivity contribution is 5.80. The Hall–Kier alpha value is -2.47. The molecule has 0 fully saturated rings. The minimum Gasteiger partial charge on any atom is -0.312 e. The summed E-state index contributed by atoms with van der Waals surface area (Å²) in [6.07, 6.45) is 6.49. The molecule has 0 aliphatic rings. The van der Waals surface area contributed by atoms with E-state index in [1.807, 2.05) is 41.2 Å². The lowest BCUT2D eigenvalue weighted by Crippen LogP contribution is -2.33. The van der Waals surface area contributed by atoms with E-state index in [1.165, 1.54) is 4.68 Å². The smallest absolute Gasteiger partial charge is 0.274 e.